The van der Waals surface area contributed by atoms with Crippen LogP contribution in [0.25, 0.3) is 0 Å². The van der Waals surface area contributed by atoms with E-state index in [9.17, 15) is 4.79 Å². The maximum Gasteiger partial charge on any atom is 0.222 e. The Balaban J connectivity index is 1.90. The molecular formula is C13H24N2O. The summed E-state index contributed by atoms with van der Waals surface area (Å²) in [4.78, 5) is 14.1. The number of rotatable bonds is 2. The number of hydrogen-bond donors (Lipinski definition) is 1. The molecular weight excluding hydrogens is 200 g/mol. The van der Waals surface area contributed by atoms with E-state index in [1.165, 1.54) is 12.8 Å². The summed E-state index contributed by atoms with van der Waals surface area (Å²) < 4.78 is 0. The van der Waals surface area contributed by atoms with Gasteiger partial charge < -0.3 is 10.2 Å². The molecule has 1 N–H and O–H groups in total. The molecule has 0 saturated carbocycles. The highest BCUT2D eigenvalue weighted by Crippen LogP contribution is 2.30. The third-order valence-corrected chi connectivity index (χ3v) is 4.03. The fourth-order valence-corrected chi connectivity index (χ4v) is 2.66. The van der Waals surface area contributed by atoms with E-state index in [1.54, 1.807) is 0 Å². The second kappa shape index (κ2) is 4.74. The predicted molar refractivity (Wildman–Crippen MR) is 65.2 cm³/mol. The lowest BCUT2D eigenvalue weighted by Crippen LogP contribution is -2.40. The van der Waals surface area contributed by atoms with Crippen LogP contribution in [-0.2, 0) is 4.79 Å². The molecule has 2 aliphatic heterocycles. The molecule has 2 aliphatic rings. The minimum Gasteiger partial charge on any atom is -0.341 e. The second-order valence-corrected chi connectivity index (χ2v) is 6.05. The molecule has 0 spiro atoms. The molecule has 2 heterocycles. The Bertz CT molecular complexity index is 257. The molecule has 16 heavy (non-hydrogen) atoms. The van der Waals surface area contributed by atoms with Gasteiger partial charge in [0, 0.05) is 25.6 Å². The van der Waals surface area contributed by atoms with Gasteiger partial charge in [0.2, 0.25) is 5.91 Å². The van der Waals surface area contributed by atoms with Crippen LogP contribution in [-0.4, -0.2) is 36.5 Å². The molecule has 1 unspecified atom stereocenters. The average Bonchev–Trinajstić information content (AvgIpc) is 2.69. The lowest BCUT2D eigenvalue weighted by Gasteiger charge is -2.25. The first-order chi connectivity index (χ1) is 7.57. The number of nitrogens with zero attached hydrogens (tertiary/aromatic N) is 1. The van der Waals surface area contributed by atoms with Gasteiger partial charge in [0.15, 0.2) is 0 Å². The Hall–Kier alpha value is -0.570. The molecule has 0 aliphatic carbocycles. The molecule has 2 saturated heterocycles. The van der Waals surface area contributed by atoms with Crippen LogP contribution in [0.5, 0.6) is 0 Å². The molecule has 1 amide bonds. The van der Waals surface area contributed by atoms with Crippen molar-refractivity contribution >= 4 is 5.91 Å². The Morgan fingerprint density at radius 3 is 2.94 bits per heavy atom. The molecule has 0 aromatic carbocycles. The molecule has 2 fully saturated rings. The number of amides is 1. The van der Waals surface area contributed by atoms with Crippen LogP contribution in [0, 0.1) is 5.41 Å². The smallest absolute Gasteiger partial charge is 0.222 e. The zero-order valence-electron chi connectivity index (χ0n) is 10.6. The highest BCUT2D eigenvalue weighted by Gasteiger charge is 2.29. The summed E-state index contributed by atoms with van der Waals surface area (Å²) in [5, 5.41) is 3.47. The van der Waals surface area contributed by atoms with E-state index >= 15 is 0 Å². The molecule has 0 aromatic heterocycles. The Morgan fingerprint density at radius 2 is 2.25 bits per heavy atom. The molecule has 92 valence electrons. The van der Waals surface area contributed by atoms with E-state index in [-0.39, 0.29) is 0 Å². The van der Waals surface area contributed by atoms with Gasteiger partial charge in [-0.25, -0.2) is 0 Å². The van der Waals surface area contributed by atoms with E-state index in [0.29, 0.717) is 17.4 Å². The van der Waals surface area contributed by atoms with Gasteiger partial charge in [-0.15, -0.1) is 0 Å². The lowest BCUT2D eigenvalue weighted by atomic mass is 9.85. The zero-order valence-corrected chi connectivity index (χ0v) is 10.6. The van der Waals surface area contributed by atoms with Crippen LogP contribution < -0.4 is 5.32 Å². The summed E-state index contributed by atoms with van der Waals surface area (Å²) in [6.07, 6.45) is 5.41. The van der Waals surface area contributed by atoms with Gasteiger partial charge in [-0.05, 0) is 37.6 Å². The van der Waals surface area contributed by atoms with Crippen LogP contribution in [0.1, 0.15) is 46.0 Å². The first-order valence-electron chi connectivity index (χ1n) is 6.58. The van der Waals surface area contributed by atoms with Gasteiger partial charge in [-0.2, -0.15) is 0 Å². The Labute approximate surface area is 98.6 Å². The SMILES string of the molecule is CC1(C)CCC(=O)N(CC2CCCN2)CC1. The Morgan fingerprint density at radius 1 is 1.44 bits per heavy atom. The molecule has 0 aromatic rings. The van der Waals surface area contributed by atoms with Gasteiger partial charge in [-0.3, -0.25) is 4.79 Å². The molecule has 0 bridgehead atoms. The van der Waals surface area contributed by atoms with Gasteiger partial charge in [-0.1, -0.05) is 13.8 Å². The van der Waals surface area contributed by atoms with Crippen molar-refractivity contribution in [3.63, 3.8) is 0 Å². The fourth-order valence-electron chi connectivity index (χ4n) is 2.66. The van der Waals surface area contributed by atoms with Crippen molar-refractivity contribution < 1.29 is 4.79 Å². The summed E-state index contributed by atoms with van der Waals surface area (Å²) in [5.41, 5.74) is 0.341. The van der Waals surface area contributed by atoms with Gasteiger partial charge in [0.05, 0.1) is 0 Å². The van der Waals surface area contributed by atoms with Gasteiger partial charge in [0.1, 0.15) is 0 Å². The lowest BCUT2D eigenvalue weighted by molar-refractivity contribution is -0.131. The first kappa shape index (κ1) is 11.9. The van der Waals surface area contributed by atoms with Crippen molar-refractivity contribution in [2.45, 2.75) is 52.0 Å². The van der Waals surface area contributed by atoms with Gasteiger partial charge in [0.25, 0.3) is 0 Å². The van der Waals surface area contributed by atoms with Crippen molar-refractivity contribution in [2.75, 3.05) is 19.6 Å². The number of likely N-dealkylation sites (tertiary alicyclic amines) is 1. The summed E-state index contributed by atoms with van der Waals surface area (Å²) >= 11 is 0. The quantitative estimate of drug-likeness (QED) is 0.775. The predicted octanol–water partition coefficient (Wildman–Crippen LogP) is 1.78. The number of carbonyl (C=O) groups is 1. The van der Waals surface area contributed by atoms with E-state index < -0.39 is 0 Å². The highest BCUT2D eigenvalue weighted by molar-refractivity contribution is 5.76. The van der Waals surface area contributed by atoms with Crippen molar-refractivity contribution in [2.24, 2.45) is 5.41 Å². The largest absolute Gasteiger partial charge is 0.341 e. The molecule has 3 nitrogen and oxygen atoms in total. The first-order valence-corrected chi connectivity index (χ1v) is 6.58. The average molecular weight is 224 g/mol. The van der Waals surface area contributed by atoms with E-state index in [1.807, 2.05) is 0 Å². The normalized spacial score (nSPS) is 30.5. The summed E-state index contributed by atoms with van der Waals surface area (Å²) in [6, 6.07) is 0.546. The number of carbonyl (C=O) groups excluding carboxylic acids is 1. The van der Waals surface area contributed by atoms with Crippen molar-refractivity contribution in [3.8, 4) is 0 Å². The number of nitrogens with one attached hydrogen (secondary N) is 1. The Kier molecular flexibility index (Phi) is 3.53. The maximum absolute atomic E-state index is 12.0. The standard InChI is InChI=1S/C13H24N2O/c1-13(2)6-5-12(16)15(9-7-13)10-11-4-3-8-14-11/h11,14H,3-10H2,1-2H3. The minimum absolute atomic E-state index is 0.341. The summed E-state index contributed by atoms with van der Waals surface area (Å²) in [5.74, 6) is 0.360. The molecule has 0 radical (unpaired) electrons. The number of hydrogen-bond acceptors (Lipinski definition) is 2. The third-order valence-electron chi connectivity index (χ3n) is 4.03. The fraction of sp³-hybridized carbons (Fsp3) is 0.923. The molecule has 1 atom stereocenters. The van der Waals surface area contributed by atoms with E-state index in [2.05, 4.69) is 24.1 Å². The summed E-state index contributed by atoms with van der Waals surface area (Å²) in [6.45, 7) is 7.55. The van der Waals surface area contributed by atoms with Crippen molar-refractivity contribution in [1.29, 1.82) is 0 Å². The maximum atomic E-state index is 12.0. The third kappa shape index (κ3) is 2.97. The van der Waals surface area contributed by atoms with Crippen molar-refractivity contribution in [3.05, 3.63) is 0 Å². The monoisotopic (exact) mass is 224 g/mol. The molecule has 2 rings (SSSR count). The second-order valence-electron chi connectivity index (χ2n) is 6.05. The van der Waals surface area contributed by atoms with Crippen LogP contribution in [0.2, 0.25) is 0 Å². The van der Waals surface area contributed by atoms with Crippen LogP contribution in [0.4, 0.5) is 0 Å². The van der Waals surface area contributed by atoms with Crippen LogP contribution in [0.3, 0.4) is 0 Å². The van der Waals surface area contributed by atoms with E-state index in [4.69, 9.17) is 0 Å². The van der Waals surface area contributed by atoms with Crippen molar-refractivity contribution in [1.82, 2.24) is 10.2 Å². The van der Waals surface area contributed by atoms with Gasteiger partial charge >= 0.3 is 0 Å². The van der Waals surface area contributed by atoms with Crippen LogP contribution >= 0.6 is 0 Å². The van der Waals surface area contributed by atoms with Crippen LogP contribution in [0.15, 0.2) is 0 Å². The minimum atomic E-state index is 0.341. The van der Waals surface area contributed by atoms with E-state index in [0.717, 1.165) is 38.9 Å². The summed E-state index contributed by atoms with van der Waals surface area (Å²) in [7, 11) is 0. The molecule has 3 heteroatoms. The topological polar surface area (TPSA) is 32.3 Å². The highest BCUT2D eigenvalue weighted by atomic mass is 16.2. The zero-order chi connectivity index (χ0) is 11.6.